The third kappa shape index (κ3) is 3.53. The Bertz CT molecular complexity index is 1130. The van der Waals surface area contributed by atoms with Crippen LogP contribution in [0.25, 0.3) is 11.0 Å². The van der Waals surface area contributed by atoms with E-state index in [1.165, 1.54) is 0 Å². The second kappa shape index (κ2) is 7.44. The summed E-state index contributed by atoms with van der Waals surface area (Å²) in [6, 6.07) is 22.9. The number of para-hydroxylation sites is 4. The van der Waals surface area contributed by atoms with Crippen molar-refractivity contribution in [1.82, 2.24) is 9.55 Å². The first-order valence-electron chi connectivity index (χ1n) is 8.91. The molecule has 1 heterocycles. The number of nitrogen functional groups attached to an aromatic ring is 1. The standard InChI is InChI=1S/C22H20N4O2/c1-26-20-9-5-4-8-19(20)25-22(26)28-14-15-10-12-16(13-11-15)21(27)24-18-7-3-2-6-17(18)23/h2-13H,14,23H2,1H3,(H,24,27). The molecular weight excluding hydrogens is 352 g/mol. The van der Waals surface area contributed by atoms with Crippen LogP contribution in [0.2, 0.25) is 0 Å². The number of amides is 1. The molecule has 0 bridgehead atoms. The molecule has 0 radical (unpaired) electrons. The maximum absolute atomic E-state index is 12.4. The summed E-state index contributed by atoms with van der Waals surface area (Å²) in [5.41, 5.74) is 10.4. The first-order valence-corrected chi connectivity index (χ1v) is 8.91. The number of fused-ring (bicyclic) bond motifs is 1. The van der Waals surface area contributed by atoms with Crippen molar-refractivity contribution < 1.29 is 9.53 Å². The zero-order chi connectivity index (χ0) is 19.5. The van der Waals surface area contributed by atoms with Crippen molar-refractivity contribution in [2.45, 2.75) is 6.61 Å². The van der Waals surface area contributed by atoms with Gasteiger partial charge in [0, 0.05) is 12.6 Å². The minimum atomic E-state index is -0.208. The number of rotatable bonds is 5. The minimum absolute atomic E-state index is 0.208. The zero-order valence-electron chi connectivity index (χ0n) is 15.4. The summed E-state index contributed by atoms with van der Waals surface area (Å²) in [4.78, 5) is 16.9. The van der Waals surface area contributed by atoms with Gasteiger partial charge < -0.3 is 15.8 Å². The quantitative estimate of drug-likeness (QED) is 0.519. The highest BCUT2D eigenvalue weighted by Crippen LogP contribution is 2.21. The van der Waals surface area contributed by atoms with Gasteiger partial charge in [-0.2, -0.15) is 4.98 Å². The Morgan fingerprint density at radius 3 is 2.50 bits per heavy atom. The number of benzene rings is 3. The minimum Gasteiger partial charge on any atom is -0.460 e. The molecule has 0 fully saturated rings. The summed E-state index contributed by atoms with van der Waals surface area (Å²) >= 11 is 0. The molecule has 140 valence electrons. The van der Waals surface area contributed by atoms with Crippen LogP contribution in [0, 0.1) is 0 Å². The van der Waals surface area contributed by atoms with Crippen LogP contribution in [0.4, 0.5) is 11.4 Å². The molecule has 0 saturated heterocycles. The molecule has 28 heavy (non-hydrogen) atoms. The average molecular weight is 372 g/mol. The SMILES string of the molecule is Cn1c(OCc2ccc(C(=O)Nc3ccccc3N)cc2)nc2ccccc21. The Hall–Kier alpha value is -3.80. The number of aromatic nitrogens is 2. The fourth-order valence-corrected chi connectivity index (χ4v) is 2.96. The lowest BCUT2D eigenvalue weighted by Crippen LogP contribution is -2.13. The summed E-state index contributed by atoms with van der Waals surface area (Å²) in [6.45, 7) is 0.366. The van der Waals surface area contributed by atoms with E-state index in [-0.39, 0.29) is 5.91 Å². The molecular formula is C22H20N4O2. The lowest BCUT2D eigenvalue weighted by atomic mass is 10.1. The Morgan fingerprint density at radius 2 is 1.75 bits per heavy atom. The lowest BCUT2D eigenvalue weighted by molar-refractivity contribution is 0.102. The molecule has 6 heteroatoms. The highest BCUT2D eigenvalue weighted by Gasteiger charge is 2.10. The number of nitrogens with zero attached hydrogens (tertiary/aromatic N) is 2. The average Bonchev–Trinajstić information content (AvgIpc) is 3.04. The first kappa shape index (κ1) is 17.6. The number of hydrogen-bond acceptors (Lipinski definition) is 4. The van der Waals surface area contributed by atoms with Crippen LogP contribution in [0.5, 0.6) is 6.01 Å². The normalized spacial score (nSPS) is 10.8. The van der Waals surface area contributed by atoms with Crippen LogP contribution >= 0.6 is 0 Å². The third-order valence-electron chi connectivity index (χ3n) is 4.54. The molecule has 0 spiro atoms. The summed E-state index contributed by atoms with van der Waals surface area (Å²) < 4.78 is 7.77. The molecule has 4 rings (SSSR count). The van der Waals surface area contributed by atoms with E-state index in [1.807, 2.05) is 60.1 Å². The monoisotopic (exact) mass is 372 g/mol. The van der Waals surface area contributed by atoms with Gasteiger partial charge in [-0.1, -0.05) is 36.4 Å². The number of carbonyl (C=O) groups is 1. The Morgan fingerprint density at radius 1 is 1.04 bits per heavy atom. The van der Waals surface area contributed by atoms with Crippen LogP contribution in [0.1, 0.15) is 15.9 Å². The summed E-state index contributed by atoms with van der Waals surface area (Å²) in [5, 5.41) is 2.82. The number of anilines is 2. The van der Waals surface area contributed by atoms with E-state index in [2.05, 4.69) is 10.3 Å². The highest BCUT2D eigenvalue weighted by molar-refractivity contribution is 6.05. The smallest absolute Gasteiger partial charge is 0.297 e. The van der Waals surface area contributed by atoms with Gasteiger partial charge in [-0.05, 0) is 42.0 Å². The number of ether oxygens (including phenoxy) is 1. The van der Waals surface area contributed by atoms with Crippen molar-refractivity contribution in [3.8, 4) is 6.01 Å². The van der Waals surface area contributed by atoms with E-state index in [1.54, 1.807) is 24.3 Å². The van der Waals surface area contributed by atoms with Crippen molar-refractivity contribution in [3.63, 3.8) is 0 Å². The fraction of sp³-hybridized carbons (Fsp3) is 0.0909. The molecule has 3 N–H and O–H groups in total. The predicted octanol–water partition coefficient (Wildman–Crippen LogP) is 3.99. The van der Waals surface area contributed by atoms with E-state index in [4.69, 9.17) is 10.5 Å². The van der Waals surface area contributed by atoms with Gasteiger partial charge in [0.25, 0.3) is 11.9 Å². The van der Waals surface area contributed by atoms with Crippen LogP contribution in [0.15, 0.2) is 72.8 Å². The van der Waals surface area contributed by atoms with E-state index >= 15 is 0 Å². The summed E-state index contributed by atoms with van der Waals surface area (Å²) in [7, 11) is 1.92. The number of hydrogen-bond donors (Lipinski definition) is 2. The van der Waals surface area contributed by atoms with Gasteiger partial charge in [0.1, 0.15) is 6.61 Å². The zero-order valence-corrected chi connectivity index (χ0v) is 15.4. The van der Waals surface area contributed by atoms with Crippen molar-refractivity contribution in [3.05, 3.63) is 83.9 Å². The van der Waals surface area contributed by atoms with Gasteiger partial charge in [0.2, 0.25) is 0 Å². The van der Waals surface area contributed by atoms with Crippen LogP contribution < -0.4 is 15.8 Å². The van der Waals surface area contributed by atoms with Crippen LogP contribution in [-0.4, -0.2) is 15.5 Å². The van der Waals surface area contributed by atoms with E-state index < -0.39 is 0 Å². The Balaban J connectivity index is 1.42. The number of imidazole rings is 1. The number of carbonyl (C=O) groups excluding carboxylic acids is 1. The van der Waals surface area contributed by atoms with Gasteiger partial charge in [0.15, 0.2) is 0 Å². The molecule has 6 nitrogen and oxygen atoms in total. The van der Waals surface area contributed by atoms with Crippen molar-refractivity contribution in [1.29, 1.82) is 0 Å². The summed E-state index contributed by atoms with van der Waals surface area (Å²) in [6.07, 6.45) is 0. The Kier molecular flexibility index (Phi) is 4.68. The predicted molar refractivity (Wildman–Crippen MR) is 110 cm³/mol. The van der Waals surface area contributed by atoms with Crippen LogP contribution in [0.3, 0.4) is 0 Å². The Labute approximate surface area is 162 Å². The number of nitrogens with one attached hydrogen (secondary N) is 1. The van der Waals surface area contributed by atoms with E-state index in [9.17, 15) is 4.79 Å². The molecule has 0 aliphatic rings. The molecule has 1 amide bonds. The maximum atomic E-state index is 12.4. The number of nitrogens with two attached hydrogens (primary N) is 1. The molecule has 4 aromatic rings. The van der Waals surface area contributed by atoms with Crippen molar-refractivity contribution in [2.24, 2.45) is 7.05 Å². The first-order chi connectivity index (χ1) is 13.6. The fourth-order valence-electron chi connectivity index (χ4n) is 2.96. The van der Waals surface area contributed by atoms with Crippen molar-refractivity contribution >= 4 is 28.3 Å². The summed E-state index contributed by atoms with van der Waals surface area (Å²) in [5.74, 6) is -0.208. The topological polar surface area (TPSA) is 82.2 Å². The number of aryl methyl sites for hydroxylation is 1. The molecule has 1 aromatic heterocycles. The second-order valence-corrected chi connectivity index (χ2v) is 6.47. The second-order valence-electron chi connectivity index (χ2n) is 6.47. The van der Waals surface area contributed by atoms with Crippen molar-refractivity contribution in [2.75, 3.05) is 11.1 Å². The molecule has 0 aliphatic heterocycles. The van der Waals surface area contributed by atoms with E-state index in [0.29, 0.717) is 29.6 Å². The molecule has 0 aliphatic carbocycles. The van der Waals surface area contributed by atoms with Gasteiger partial charge in [-0.15, -0.1) is 0 Å². The lowest BCUT2D eigenvalue weighted by Gasteiger charge is -2.09. The van der Waals surface area contributed by atoms with Crippen LogP contribution in [-0.2, 0) is 13.7 Å². The molecule has 0 atom stereocenters. The van der Waals surface area contributed by atoms with Gasteiger partial charge in [-0.25, -0.2) is 0 Å². The molecule has 0 saturated carbocycles. The largest absolute Gasteiger partial charge is 0.460 e. The van der Waals surface area contributed by atoms with Gasteiger partial charge in [0.05, 0.1) is 22.4 Å². The highest BCUT2D eigenvalue weighted by atomic mass is 16.5. The van der Waals surface area contributed by atoms with Gasteiger partial charge >= 0.3 is 0 Å². The molecule has 3 aromatic carbocycles. The van der Waals surface area contributed by atoms with E-state index in [0.717, 1.165) is 16.6 Å². The molecule has 0 unspecified atom stereocenters. The maximum Gasteiger partial charge on any atom is 0.297 e. The third-order valence-corrected chi connectivity index (χ3v) is 4.54. The van der Waals surface area contributed by atoms with Gasteiger partial charge in [-0.3, -0.25) is 9.36 Å².